The van der Waals surface area contributed by atoms with E-state index in [-0.39, 0.29) is 16.6 Å². The fraction of sp³-hybridized carbons (Fsp3) is 0.500. The monoisotopic (exact) mass is 572 g/mol. The van der Waals surface area contributed by atoms with Gasteiger partial charge in [-0.3, -0.25) is 0 Å². The van der Waals surface area contributed by atoms with Crippen LogP contribution in [0.2, 0.25) is 18.1 Å². The van der Waals surface area contributed by atoms with Crippen LogP contribution in [0.1, 0.15) is 51.7 Å². The maximum absolute atomic E-state index is 10.00. The minimum absolute atomic E-state index is 0.119. The molecule has 216 valence electrons. The summed E-state index contributed by atoms with van der Waals surface area (Å²) in [5, 5.41) is 20.1. The van der Waals surface area contributed by atoms with Crippen LogP contribution >= 0.6 is 0 Å². The van der Waals surface area contributed by atoms with Crippen molar-refractivity contribution in [3.63, 3.8) is 0 Å². The quantitative estimate of drug-likeness (QED) is 0.302. The summed E-state index contributed by atoms with van der Waals surface area (Å²) in [4.78, 5) is 17.8. The lowest BCUT2D eigenvalue weighted by Gasteiger charge is -2.39. The second-order valence-corrected chi connectivity index (χ2v) is 17.5. The van der Waals surface area contributed by atoms with Gasteiger partial charge >= 0.3 is 6.01 Å². The summed E-state index contributed by atoms with van der Waals surface area (Å²) in [6.45, 7) is 16.7. The molecule has 1 saturated heterocycles. The van der Waals surface area contributed by atoms with E-state index < -0.39 is 8.32 Å². The van der Waals surface area contributed by atoms with Crippen molar-refractivity contribution in [3.8, 4) is 23.3 Å². The number of piperidine rings is 1. The molecule has 11 heteroatoms. The Morgan fingerprint density at radius 3 is 2.56 bits per heavy atom. The number of hydrogen-bond acceptors (Lipinski definition) is 10. The number of nitrogens with one attached hydrogen (secondary N) is 3. The predicted molar refractivity (Wildman–Crippen MR) is 163 cm³/mol. The van der Waals surface area contributed by atoms with Crippen molar-refractivity contribution in [1.29, 1.82) is 5.26 Å². The number of fused-ring (bicyclic) bond motifs is 1. The molecule has 0 unspecified atom stereocenters. The van der Waals surface area contributed by atoms with Crippen LogP contribution in [-0.4, -0.2) is 60.6 Å². The molecule has 10 nitrogen and oxygen atoms in total. The topological polar surface area (TPSA) is 130 Å². The molecule has 0 saturated carbocycles. The van der Waals surface area contributed by atoms with E-state index in [1.54, 1.807) is 18.6 Å². The summed E-state index contributed by atoms with van der Waals surface area (Å²) in [5.74, 6) is 0.416. The molecule has 3 aromatic rings. The van der Waals surface area contributed by atoms with Gasteiger partial charge in [-0.25, -0.2) is 19.9 Å². The van der Waals surface area contributed by atoms with Gasteiger partial charge in [0.25, 0.3) is 0 Å². The molecule has 0 spiro atoms. The molecule has 5 rings (SSSR count). The Kier molecular flexibility index (Phi) is 8.01. The zero-order valence-corrected chi connectivity index (χ0v) is 25.8. The fourth-order valence-corrected chi connectivity index (χ4v) is 5.93. The minimum Gasteiger partial charge on any atom is -0.460 e. The summed E-state index contributed by atoms with van der Waals surface area (Å²) in [6.07, 6.45) is 7.07. The molecule has 0 radical (unpaired) electrons. The molecule has 2 aliphatic rings. The van der Waals surface area contributed by atoms with Gasteiger partial charge in [0.05, 0.1) is 35.0 Å². The Bertz CT molecular complexity index is 1430. The predicted octanol–water partition coefficient (Wildman–Crippen LogP) is 5.38. The van der Waals surface area contributed by atoms with Crippen LogP contribution in [-0.2, 0) is 9.84 Å². The molecule has 0 aliphatic carbocycles. The van der Waals surface area contributed by atoms with Crippen molar-refractivity contribution in [2.24, 2.45) is 0 Å². The van der Waals surface area contributed by atoms with Crippen LogP contribution < -0.4 is 20.7 Å². The van der Waals surface area contributed by atoms with Gasteiger partial charge < -0.3 is 25.1 Å². The molecule has 0 bridgehead atoms. The van der Waals surface area contributed by atoms with E-state index in [2.05, 4.69) is 83.8 Å². The lowest BCUT2D eigenvalue weighted by molar-refractivity contribution is 0.149. The highest BCUT2D eigenvalue weighted by Gasteiger charge is 2.42. The minimum atomic E-state index is -1.94. The Labute approximate surface area is 243 Å². The number of nitrogens with zero attached hydrogens (tertiary/aromatic N) is 5. The summed E-state index contributed by atoms with van der Waals surface area (Å²) < 4.78 is 12.6. The Balaban J connectivity index is 1.35. The van der Waals surface area contributed by atoms with Gasteiger partial charge in [-0.15, -0.1) is 0 Å². The van der Waals surface area contributed by atoms with Crippen molar-refractivity contribution >= 4 is 25.6 Å². The average Bonchev–Trinajstić information content (AvgIpc) is 3.29. The van der Waals surface area contributed by atoms with Gasteiger partial charge in [0.1, 0.15) is 12.2 Å². The first-order valence-electron chi connectivity index (χ1n) is 14.2. The molecule has 4 heterocycles. The summed E-state index contributed by atoms with van der Waals surface area (Å²) >= 11 is 0. The van der Waals surface area contributed by atoms with E-state index in [1.165, 1.54) is 0 Å². The number of anilines is 3. The molecule has 1 aromatic carbocycles. The molecule has 2 aromatic heterocycles. The van der Waals surface area contributed by atoms with Crippen molar-refractivity contribution in [2.75, 3.05) is 36.9 Å². The van der Waals surface area contributed by atoms with Crippen LogP contribution in [0.4, 0.5) is 17.3 Å². The van der Waals surface area contributed by atoms with E-state index in [9.17, 15) is 5.26 Å². The van der Waals surface area contributed by atoms with Gasteiger partial charge in [0.2, 0.25) is 5.95 Å². The van der Waals surface area contributed by atoms with Crippen LogP contribution in [0.15, 0.2) is 36.8 Å². The van der Waals surface area contributed by atoms with Crippen LogP contribution in [0, 0.1) is 11.3 Å². The second-order valence-electron chi connectivity index (χ2n) is 12.7. The zero-order valence-electron chi connectivity index (χ0n) is 24.8. The van der Waals surface area contributed by atoms with E-state index in [0.29, 0.717) is 42.1 Å². The molecule has 41 heavy (non-hydrogen) atoms. The van der Waals surface area contributed by atoms with Gasteiger partial charge in [0, 0.05) is 30.3 Å². The molecular weight excluding hydrogens is 532 g/mol. The Morgan fingerprint density at radius 1 is 1.15 bits per heavy atom. The molecule has 2 aliphatic heterocycles. The van der Waals surface area contributed by atoms with Crippen molar-refractivity contribution in [1.82, 2.24) is 25.3 Å². The molecule has 3 N–H and O–H groups in total. The van der Waals surface area contributed by atoms with Crippen LogP contribution in [0.5, 0.6) is 6.01 Å². The molecule has 1 atom stereocenters. The lowest BCUT2D eigenvalue weighted by atomic mass is 9.83. The molecule has 0 amide bonds. The third kappa shape index (κ3) is 6.35. The van der Waals surface area contributed by atoms with Gasteiger partial charge in [-0.1, -0.05) is 27.7 Å². The number of aromatic nitrogens is 4. The first-order valence-corrected chi connectivity index (χ1v) is 17.1. The third-order valence-electron chi connectivity index (χ3n) is 8.52. The number of benzene rings is 1. The zero-order chi connectivity index (χ0) is 29.3. The molecular formula is C30H40N8O2Si. The van der Waals surface area contributed by atoms with Gasteiger partial charge in [-0.2, -0.15) is 5.26 Å². The summed E-state index contributed by atoms with van der Waals surface area (Å²) in [7, 11) is -1.94. The van der Waals surface area contributed by atoms with Crippen molar-refractivity contribution < 1.29 is 9.16 Å². The summed E-state index contributed by atoms with van der Waals surface area (Å²) in [6, 6.07) is 8.61. The van der Waals surface area contributed by atoms with Crippen LogP contribution in [0.3, 0.4) is 0 Å². The van der Waals surface area contributed by atoms with E-state index in [1.807, 2.05) is 12.1 Å². The fourth-order valence-electron chi connectivity index (χ4n) is 4.82. The number of hydrogen-bond donors (Lipinski definition) is 3. The van der Waals surface area contributed by atoms with Gasteiger partial charge in [0.15, 0.2) is 8.32 Å². The van der Waals surface area contributed by atoms with Gasteiger partial charge in [-0.05, 0) is 67.8 Å². The van der Waals surface area contributed by atoms with E-state index in [4.69, 9.17) is 14.1 Å². The lowest BCUT2D eigenvalue weighted by Crippen LogP contribution is -2.45. The number of rotatable bonds is 8. The smallest absolute Gasteiger partial charge is 0.316 e. The maximum Gasteiger partial charge on any atom is 0.316 e. The normalized spacial score (nSPS) is 19.2. The van der Waals surface area contributed by atoms with Crippen LogP contribution in [0.25, 0.3) is 11.3 Å². The largest absolute Gasteiger partial charge is 0.460 e. The molecule has 1 fully saturated rings. The van der Waals surface area contributed by atoms with Crippen molar-refractivity contribution in [2.45, 2.75) is 70.2 Å². The Hall–Kier alpha value is -3.59. The number of nitriles is 1. The summed E-state index contributed by atoms with van der Waals surface area (Å²) in [5.41, 5.74) is 4.52. The second kappa shape index (κ2) is 11.4. The SMILES string of the molecule is CC(C)(C)[Si](C)(C)OC[C@@]1(C)CNc2c(C#N)cc(-c3ccnc(Nc4cnc(OC5CCNCC5)nc4)n3)cc21. The first-order chi connectivity index (χ1) is 19.5. The Morgan fingerprint density at radius 2 is 1.88 bits per heavy atom. The van der Waals surface area contributed by atoms with E-state index in [0.717, 1.165) is 42.7 Å². The highest BCUT2D eigenvalue weighted by molar-refractivity contribution is 6.74. The highest BCUT2D eigenvalue weighted by Crippen LogP contribution is 2.44. The third-order valence-corrected chi connectivity index (χ3v) is 13.0. The average molecular weight is 573 g/mol. The van der Waals surface area contributed by atoms with E-state index >= 15 is 0 Å². The first kappa shape index (κ1) is 28.9. The maximum atomic E-state index is 10.00. The standard InChI is InChI=1S/C30H40N8O2Si/c1-29(2,3)41(5,6)39-19-30(4)18-36-26-21(15-31)13-20(14-24(26)30)25-9-12-33-27(38-25)37-22-16-34-28(35-17-22)40-23-7-10-32-11-8-23/h9,12-14,16-17,23,32,36H,7-8,10-11,18-19H2,1-6H3,(H,33,37,38)/t30-/m1/s1. The van der Waals surface area contributed by atoms with Crippen molar-refractivity contribution in [3.05, 3.63) is 47.9 Å². The number of ether oxygens (including phenoxy) is 1. The highest BCUT2D eigenvalue weighted by atomic mass is 28.4.